The molecule has 1 aromatic carbocycles. The third kappa shape index (κ3) is 5.53. The fraction of sp³-hybridized carbons (Fsp3) is 0.500. The van der Waals surface area contributed by atoms with Crippen LogP contribution in [0.2, 0.25) is 0 Å². The molecule has 27 heavy (non-hydrogen) atoms. The van der Waals surface area contributed by atoms with Crippen molar-refractivity contribution in [1.82, 2.24) is 9.80 Å². The second kappa shape index (κ2) is 9.86. The number of piperazine rings is 1. The molecule has 1 aromatic rings. The third-order valence-corrected chi connectivity index (χ3v) is 4.78. The van der Waals surface area contributed by atoms with Crippen molar-refractivity contribution in [2.24, 2.45) is 10.7 Å². The number of piperidine rings is 1. The van der Waals surface area contributed by atoms with E-state index in [1.165, 1.54) is 17.0 Å². The maximum absolute atomic E-state index is 13.0. The average Bonchev–Trinajstić information content (AvgIpc) is 2.65. The maximum Gasteiger partial charge on any atom is 0.229 e. The molecule has 9 heteroatoms. The SMILES string of the molecule is I.NC(=NCCN1C(=O)CCCC1=O)N1CCN(c2ccc(F)cc2)CC1. The van der Waals surface area contributed by atoms with Gasteiger partial charge in [0.05, 0.1) is 6.54 Å². The number of carbonyl (C=O) groups is 2. The molecule has 2 aliphatic heterocycles. The molecule has 0 aliphatic carbocycles. The van der Waals surface area contributed by atoms with Gasteiger partial charge in [0.2, 0.25) is 11.8 Å². The number of hydrogen-bond acceptors (Lipinski definition) is 4. The molecule has 0 saturated carbocycles. The van der Waals surface area contributed by atoms with Gasteiger partial charge >= 0.3 is 0 Å². The van der Waals surface area contributed by atoms with E-state index in [2.05, 4.69) is 9.89 Å². The molecule has 0 aromatic heterocycles. The fourth-order valence-corrected chi connectivity index (χ4v) is 3.26. The van der Waals surface area contributed by atoms with Crippen LogP contribution in [0.1, 0.15) is 19.3 Å². The van der Waals surface area contributed by atoms with Crippen molar-refractivity contribution < 1.29 is 14.0 Å². The third-order valence-electron chi connectivity index (χ3n) is 4.78. The van der Waals surface area contributed by atoms with Crippen molar-refractivity contribution in [3.8, 4) is 0 Å². The Kier molecular flexibility index (Phi) is 7.81. The summed E-state index contributed by atoms with van der Waals surface area (Å²) in [5, 5.41) is 0. The van der Waals surface area contributed by atoms with Crippen LogP contribution in [0.3, 0.4) is 0 Å². The quantitative estimate of drug-likeness (QED) is 0.300. The van der Waals surface area contributed by atoms with Gasteiger partial charge in [0.15, 0.2) is 5.96 Å². The van der Waals surface area contributed by atoms with E-state index in [1.54, 1.807) is 12.1 Å². The predicted octanol–water partition coefficient (Wildman–Crippen LogP) is 1.42. The molecule has 0 unspecified atom stereocenters. The summed E-state index contributed by atoms with van der Waals surface area (Å²) in [7, 11) is 0. The Morgan fingerprint density at radius 3 is 2.22 bits per heavy atom. The van der Waals surface area contributed by atoms with Gasteiger partial charge in [-0.3, -0.25) is 19.5 Å². The number of benzene rings is 1. The summed E-state index contributed by atoms with van der Waals surface area (Å²) in [5.74, 6) is -0.0547. The zero-order valence-corrected chi connectivity index (χ0v) is 17.5. The number of guanidine groups is 1. The standard InChI is InChI=1S/C18H24FN5O2.HI/c19-14-4-6-15(7-5-14)22-10-12-23(13-11-22)18(20)21-8-9-24-16(25)2-1-3-17(24)26;/h4-7H,1-3,8-13H2,(H2,20,21);1H. The highest BCUT2D eigenvalue weighted by atomic mass is 127. The number of halogens is 2. The van der Waals surface area contributed by atoms with E-state index in [-0.39, 0.29) is 48.2 Å². The topological polar surface area (TPSA) is 82.2 Å². The van der Waals surface area contributed by atoms with Gasteiger partial charge in [0, 0.05) is 51.3 Å². The first-order chi connectivity index (χ1) is 12.5. The molecule has 2 fully saturated rings. The summed E-state index contributed by atoms with van der Waals surface area (Å²) in [5.41, 5.74) is 7.05. The maximum atomic E-state index is 13.0. The van der Waals surface area contributed by atoms with Gasteiger partial charge in [0.25, 0.3) is 0 Å². The van der Waals surface area contributed by atoms with Gasteiger partial charge in [-0.25, -0.2) is 4.39 Å². The Morgan fingerprint density at radius 1 is 1.04 bits per heavy atom. The molecule has 2 heterocycles. The van der Waals surface area contributed by atoms with Crippen LogP contribution in [0.4, 0.5) is 10.1 Å². The van der Waals surface area contributed by atoms with E-state index in [0.717, 1.165) is 18.8 Å². The second-order valence-electron chi connectivity index (χ2n) is 6.48. The normalized spacial score (nSPS) is 18.6. The van der Waals surface area contributed by atoms with Crippen molar-refractivity contribution in [2.45, 2.75) is 19.3 Å². The Labute approximate surface area is 175 Å². The lowest BCUT2D eigenvalue weighted by Gasteiger charge is -2.36. The van der Waals surface area contributed by atoms with Gasteiger partial charge in [0.1, 0.15) is 5.82 Å². The number of nitrogens with two attached hydrogens (primary N) is 1. The molecular weight excluding hydrogens is 464 g/mol. The van der Waals surface area contributed by atoms with Crippen molar-refractivity contribution in [1.29, 1.82) is 0 Å². The monoisotopic (exact) mass is 489 g/mol. The van der Waals surface area contributed by atoms with Crippen LogP contribution in [-0.2, 0) is 9.59 Å². The van der Waals surface area contributed by atoms with Gasteiger partial charge in [-0.2, -0.15) is 0 Å². The summed E-state index contributed by atoms with van der Waals surface area (Å²) < 4.78 is 13.0. The van der Waals surface area contributed by atoms with Gasteiger partial charge < -0.3 is 15.5 Å². The number of amides is 2. The van der Waals surface area contributed by atoms with Crippen molar-refractivity contribution >= 4 is 47.4 Å². The summed E-state index contributed by atoms with van der Waals surface area (Å²) in [6, 6.07) is 6.46. The lowest BCUT2D eigenvalue weighted by atomic mass is 10.1. The first-order valence-electron chi connectivity index (χ1n) is 8.93. The molecule has 3 rings (SSSR count). The lowest BCUT2D eigenvalue weighted by molar-refractivity contribution is -0.147. The molecule has 2 amide bonds. The minimum absolute atomic E-state index is 0. The number of likely N-dealkylation sites (tertiary alicyclic amines) is 1. The number of carbonyl (C=O) groups excluding carboxylic acids is 2. The van der Waals surface area contributed by atoms with E-state index in [0.29, 0.717) is 44.9 Å². The molecule has 0 spiro atoms. The highest BCUT2D eigenvalue weighted by Crippen LogP contribution is 2.17. The highest BCUT2D eigenvalue weighted by molar-refractivity contribution is 14.0. The molecule has 0 radical (unpaired) electrons. The van der Waals surface area contributed by atoms with E-state index < -0.39 is 0 Å². The van der Waals surface area contributed by atoms with Crippen LogP contribution in [0.5, 0.6) is 0 Å². The Balaban J connectivity index is 0.00000261. The zero-order valence-electron chi connectivity index (χ0n) is 15.1. The number of nitrogens with zero attached hydrogens (tertiary/aromatic N) is 4. The lowest BCUT2D eigenvalue weighted by Crippen LogP contribution is -2.51. The van der Waals surface area contributed by atoms with Crippen LogP contribution in [0.25, 0.3) is 0 Å². The minimum atomic E-state index is -0.241. The number of anilines is 1. The first kappa shape index (κ1) is 21.4. The van der Waals surface area contributed by atoms with Crippen LogP contribution >= 0.6 is 24.0 Å². The van der Waals surface area contributed by atoms with Gasteiger partial charge in [-0.05, 0) is 30.7 Å². The number of imide groups is 1. The number of hydrogen-bond donors (Lipinski definition) is 1. The Morgan fingerprint density at radius 2 is 1.63 bits per heavy atom. The van der Waals surface area contributed by atoms with E-state index in [4.69, 9.17) is 5.73 Å². The first-order valence-corrected chi connectivity index (χ1v) is 8.93. The van der Waals surface area contributed by atoms with Crippen molar-refractivity contribution in [2.75, 3.05) is 44.2 Å². The summed E-state index contributed by atoms with van der Waals surface area (Å²) in [6.45, 7) is 3.58. The molecular formula is C18H25FIN5O2. The van der Waals surface area contributed by atoms with Crippen LogP contribution < -0.4 is 10.6 Å². The Bertz CT molecular complexity index is 673. The smallest absolute Gasteiger partial charge is 0.229 e. The zero-order chi connectivity index (χ0) is 18.5. The molecule has 148 valence electrons. The van der Waals surface area contributed by atoms with Crippen molar-refractivity contribution in [3.63, 3.8) is 0 Å². The van der Waals surface area contributed by atoms with E-state index in [9.17, 15) is 14.0 Å². The molecule has 7 nitrogen and oxygen atoms in total. The van der Waals surface area contributed by atoms with Gasteiger partial charge in [-0.1, -0.05) is 0 Å². The van der Waals surface area contributed by atoms with Crippen LogP contribution in [0.15, 0.2) is 29.3 Å². The fourth-order valence-electron chi connectivity index (χ4n) is 3.26. The largest absolute Gasteiger partial charge is 0.370 e. The predicted molar refractivity (Wildman–Crippen MR) is 113 cm³/mol. The van der Waals surface area contributed by atoms with E-state index >= 15 is 0 Å². The minimum Gasteiger partial charge on any atom is -0.370 e. The molecule has 0 atom stereocenters. The van der Waals surface area contributed by atoms with Crippen LogP contribution in [0, 0.1) is 5.82 Å². The van der Waals surface area contributed by atoms with Crippen molar-refractivity contribution in [3.05, 3.63) is 30.1 Å². The molecule has 2 N–H and O–H groups in total. The summed E-state index contributed by atoms with van der Waals surface area (Å²) in [4.78, 5) is 33.3. The Hall–Kier alpha value is -1.91. The summed E-state index contributed by atoms with van der Waals surface area (Å²) in [6.07, 6.45) is 1.49. The highest BCUT2D eigenvalue weighted by Gasteiger charge is 2.25. The average molecular weight is 489 g/mol. The van der Waals surface area contributed by atoms with E-state index in [1.807, 2.05) is 4.90 Å². The summed E-state index contributed by atoms with van der Waals surface area (Å²) >= 11 is 0. The molecule has 0 bridgehead atoms. The number of rotatable bonds is 4. The molecule has 2 aliphatic rings. The molecule has 2 saturated heterocycles. The van der Waals surface area contributed by atoms with Gasteiger partial charge in [-0.15, -0.1) is 24.0 Å². The van der Waals surface area contributed by atoms with Crippen LogP contribution in [-0.4, -0.2) is 66.8 Å². The second-order valence-corrected chi connectivity index (χ2v) is 6.48. The number of aliphatic imine (C=N–C) groups is 1.